The second kappa shape index (κ2) is 23.3. The normalized spacial score (nSPS) is 15.9. The number of carbonyl (C=O) groups excluding carboxylic acids is 3. The number of hydrogen-bond acceptors (Lipinski definition) is 12. The molecule has 326 valence electrons. The molecule has 1 fully saturated rings. The van der Waals surface area contributed by atoms with Gasteiger partial charge in [0.25, 0.3) is 0 Å². The molecule has 1 aliphatic rings. The highest BCUT2D eigenvalue weighted by atomic mass is 16.6. The van der Waals surface area contributed by atoms with Crippen LogP contribution in [0.15, 0.2) is 36.4 Å². The van der Waals surface area contributed by atoms with E-state index in [9.17, 15) is 44.1 Å². The van der Waals surface area contributed by atoms with E-state index >= 15 is 0 Å². The number of aliphatic carboxylic acids is 3. The van der Waals surface area contributed by atoms with Crippen molar-refractivity contribution in [2.75, 3.05) is 96.1 Å². The van der Waals surface area contributed by atoms with E-state index in [1.807, 2.05) is 44.2 Å². The number of carboxylic acids is 3. The minimum absolute atomic E-state index is 0.161. The number of alkyl carbamates (subject to hydrolysis) is 1. The standard InChI is InChI=1S/C41H62N8O10/c1-28-22-30(9-11-32(28)42)31-10-12-33(29(2)23-31)45-39(57)34(8-6-7-13-43-40(58)59-41(3,4)5)44-35(50)24-46-14-16-47(25-36(51)52)18-20-49(27-38(55)56)21-19-48(17-15-46)26-37(53)54/h9-12,22-23,34H,6-8,13-21,24-27,42H2,1-5H3,(H,43,58)(H,44,50)(H,45,57)(H,51,52)(H,53,54)(H,55,56)/t34-/m0/s1. The Hall–Kier alpha value is -5.30. The van der Waals surface area contributed by atoms with Crippen molar-refractivity contribution in [2.45, 2.75) is 65.5 Å². The summed E-state index contributed by atoms with van der Waals surface area (Å²) in [6, 6.07) is 10.5. The van der Waals surface area contributed by atoms with Crippen LogP contribution in [0.25, 0.3) is 11.1 Å². The maximum atomic E-state index is 13.9. The first kappa shape index (κ1) is 48.1. The molecule has 2 aromatic rings. The SMILES string of the molecule is Cc1cc(-c2ccc(NC(=O)[C@H](CCCCNC(=O)OC(C)(C)C)NC(=O)CN3CCN(CC(=O)O)CCN(CC(=O)O)CCN(CC(=O)O)CC3)c(C)c2)ccc1N. The van der Waals surface area contributed by atoms with Crippen LogP contribution in [0.5, 0.6) is 0 Å². The molecule has 18 heteroatoms. The molecule has 3 amide bonds. The second-order valence-electron chi connectivity index (χ2n) is 15.9. The molecule has 1 aliphatic heterocycles. The quantitative estimate of drug-likeness (QED) is 0.0892. The Balaban J connectivity index is 1.78. The number of benzene rings is 2. The molecule has 0 bridgehead atoms. The fourth-order valence-corrected chi connectivity index (χ4v) is 6.53. The first-order chi connectivity index (χ1) is 27.8. The van der Waals surface area contributed by atoms with Crippen molar-refractivity contribution in [3.8, 4) is 11.1 Å². The molecule has 18 nitrogen and oxygen atoms in total. The molecule has 1 saturated heterocycles. The maximum absolute atomic E-state index is 13.9. The molecule has 0 unspecified atom stereocenters. The number of rotatable bonds is 17. The average Bonchev–Trinajstić information content (AvgIpc) is 3.12. The summed E-state index contributed by atoms with van der Waals surface area (Å²) in [4.78, 5) is 81.5. The first-order valence-corrected chi connectivity index (χ1v) is 19.9. The predicted octanol–water partition coefficient (Wildman–Crippen LogP) is 2.15. The van der Waals surface area contributed by atoms with Gasteiger partial charge in [-0.15, -0.1) is 0 Å². The number of nitrogens with zero attached hydrogens (tertiary/aromatic N) is 4. The lowest BCUT2D eigenvalue weighted by Crippen LogP contribution is -2.51. The van der Waals surface area contributed by atoms with Gasteiger partial charge in [-0.3, -0.25) is 43.6 Å². The summed E-state index contributed by atoms with van der Waals surface area (Å²) >= 11 is 0. The van der Waals surface area contributed by atoms with Crippen molar-refractivity contribution in [1.29, 1.82) is 0 Å². The van der Waals surface area contributed by atoms with Gasteiger partial charge in [-0.1, -0.05) is 12.1 Å². The number of carboxylic acid groups (broad SMARTS) is 3. The minimum Gasteiger partial charge on any atom is -0.480 e. The Bertz CT molecular complexity index is 1740. The van der Waals surface area contributed by atoms with E-state index in [2.05, 4.69) is 16.0 Å². The molecule has 3 rings (SSSR count). The van der Waals surface area contributed by atoms with E-state index < -0.39 is 47.5 Å². The molecular formula is C41H62N8O10. The van der Waals surface area contributed by atoms with Gasteiger partial charge in [-0.05, 0) is 100 Å². The molecular weight excluding hydrogens is 764 g/mol. The Morgan fingerprint density at radius 3 is 1.59 bits per heavy atom. The molecule has 0 aromatic heterocycles. The van der Waals surface area contributed by atoms with Gasteiger partial charge in [-0.2, -0.15) is 0 Å². The molecule has 2 aromatic carbocycles. The number of nitrogens with two attached hydrogens (primary N) is 1. The predicted molar refractivity (Wildman–Crippen MR) is 223 cm³/mol. The third-order valence-electron chi connectivity index (χ3n) is 9.70. The lowest BCUT2D eigenvalue weighted by atomic mass is 10.00. The van der Waals surface area contributed by atoms with Crippen molar-refractivity contribution in [2.24, 2.45) is 0 Å². The van der Waals surface area contributed by atoms with E-state index in [4.69, 9.17) is 10.5 Å². The number of hydrogen-bond donors (Lipinski definition) is 7. The summed E-state index contributed by atoms with van der Waals surface area (Å²) in [7, 11) is 0. The Morgan fingerprint density at radius 2 is 1.15 bits per heavy atom. The summed E-state index contributed by atoms with van der Waals surface area (Å²) < 4.78 is 5.30. The van der Waals surface area contributed by atoms with Crippen LogP contribution < -0.4 is 21.7 Å². The largest absolute Gasteiger partial charge is 0.480 e. The molecule has 0 spiro atoms. The van der Waals surface area contributed by atoms with E-state index in [1.54, 1.807) is 46.4 Å². The van der Waals surface area contributed by atoms with Gasteiger partial charge in [0.1, 0.15) is 11.6 Å². The molecule has 8 N–H and O–H groups in total. The Labute approximate surface area is 346 Å². The number of nitrogen functional groups attached to an aromatic ring is 1. The number of nitrogens with one attached hydrogen (secondary N) is 3. The highest BCUT2D eigenvalue weighted by molar-refractivity contribution is 5.98. The van der Waals surface area contributed by atoms with Crippen LogP contribution in [0.2, 0.25) is 0 Å². The molecule has 1 atom stereocenters. The summed E-state index contributed by atoms with van der Waals surface area (Å²) in [5.74, 6) is -4.06. The van der Waals surface area contributed by atoms with Crippen molar-refractivity contribution in [3.05, 3.63) is 47.5 Å². The Morgan fingerprint density at radius 1 is 0.695 bits per heavy atom. The van der Waals surface area contributed by atoms with E-state index in [-0.39, 0.29) is 85.0 Å². The van der Waals surface area contributed by atoms with Crippen LogP contribution in [0.4, 0.5) is 16.2 Å². The summed E-state index contributed by atoms with van der Waals surface area (Å²) in [5.41, 5.74) is 10.3. The van der Waals surface area contributed by atoms with Gasteiger partial charge < -0.3 is 41.7 Å². The smallest absolute Gasteiger partial charge is 0.407 e. The van der Waals surface area contributed by atoms with E-state index in [1.165, 1.54) is 0 Å². The minimum atomic E-state index is -1.06. The van der Waals surface area contributed by atoms with E-state index in [0.717, 1.165) is 22.3 Å². The summed E-state index contributed by atoms with van der Waals surface area (Å²) in [6.07, 6.45) is 0.670. The van der Waals surface area contributed by atoms with Crippen LogP contribution in [0.1, 0.15) is 51.2 Å². The van der Waals surface area contributed by atoms with Crippen LogP contribution in [-0.4, -0.2) is 167 Å². The topological polar surface area (TPSA) is 247 Å². The summed E-state index contributed by atoms with van der Waals surface area (Å²) in [5, 5.41) is 37.1. The van der Waals surface area contributed by atoms with Crippen molar-refractivity contribution in [1.82, 2.24) is 30.2 Å². The Kier molecular flexibility index (Phi) is 19.0. The number of unbranched alkanes of at least 4 members (excludes halogenated alkanes) is 1. The zero-order valence-corrected chi connectivity index (χ0v) is 34.9. The number of ether oxygens (including phenoxy) is 1. The van der Waals surface area contributed by atoms with Gasteiger partial charge >= 0.3 is 24.0 Å². The molecule has 1 heterocycles. The van der Waals surface area contributed by atoms with Gasteiger partial charge in [0.15, 0.2) is 0 Å². The highest BCUT2D eigenvalue weighted by Crippen LogP contribution is 2.27. The lowest BCUT2D eigenvalue weighted by Gasteiger charge is -2.33. The first-order valence-electron chi connectivity index (χ1n) is 19.9. The van der Waals surface area contributed by atoms with Gasteiger partial charge in [0.05, 0.1) is 26.2 Å². The van der Waals surface area contributed by atoms with Gasteiger partial charge in [-0.25, -0.2) is 4.79 Å². The monoisotopic (exact) mass is 826 g/mol. The van der Waals surface area contributed by atoms with Crippen molar-refractivity contribution >= 4 is 47.2 Å². The van der Waals surface area contributed by atoms with E-state index in [0.29, 0.717) is 30.8 Å². The highest BCUT2D eigenvalue weighted by Gasteiger charge is 2.25. The van der Waals surface area contributed by atoms with Crippen LogP contribution in [0.3, 0.4) is 0 Å². The van der Waals surface area contributed by atoms with Gasteiger partial charge in [0.2, 0.25) is 11.8 Å². The van der Waals surface area contributed by atoms with Gasteiger partial charge in [0, 0.05) is 70.3 Å². The zero-order valence-electron chi connectivity index (χ0n) is 34.9. The number of aryl methyl sites for hydroxylation is 2. The van der Waals surface area contributed by atoms with Crippen LogP contribution in [-0.2, 0) is 28.7 Å². The van der Waals surface area contributed by atoms with Crippen molar-refractivity contribution < 1.29 is 48.8 Å². The second-order valence-corrected chi connectivity index (χ2v) is 15.9. The van der Waals surface area contributed by atoms with Crippen LogP contribution in [0, 0.1) is 13.8 Å². The molecule has 59 heavy (non-hydrogen) atoms. The van der Waals surface area contributed by atoms with Crippen LogP contribution >= 0.6 is 0 Å². The zero-order chi connectivity index (χ0) is 43.7. The number of anilines is 2. The fraction of sp³-hybridized carbons (Fsp3) is 0.561. The third-order valence-corrected chi connectivity index (χ3v) is 9.70. The molecule has 0 aliphatic carbocycles. The number of amides is 3. The number of carbonyl (C=O) groups is 6. The van der Waals surface area contributed by atoms with Crippen molar-refractivity contribution in [3.63, 3.8) is 0 Å². The fourth-order valence-electron chi connectivity index (χ4n) is 6.53. The third kappa shape index (κ3) is 18.4. The summed E-state index contributed by atoms with van der Waals surface area (Å²) in [6.45, 7) is 10.3. The molecule has 0 saturated carbocycles. The average molecular weight is 827 g/mol. The lowest BCUT2D eigenvalue weighted by molar-refractivity contribution is -0.140. The molecule has 0 radical (unpaired) electrons. The maximum Gasteiger partial charge on any atom is 0.407 e.